The lowest BCUT2D eigenvalue weighted by Crippen LogP contribution is -2.53. The Morgan fingerprint density at radius 1 is 1.38 bits per heavy atom. The highest BCUT2D eigenvalue weighted by atomic mass is 16.3. The normalized spacial score (nSPS) is 21.5. The Bertz CT molecular complexity index is 527. The van der Waals surface area contributed by atoms with E-state index in [4.69, 9.17) is 5.73 Å². The van der Waals surface area contributed by atoms with Crippen molar-refractivity contribution in [3.63, 3.8) is 0 Å². The number of likely N-dealkylation sites (tertiary alicyclic amines) is 1. The zero-order valence-corrected chi connectivity index (χ0v) is 15.0. The molecule has 0 aliphatic carbocycles. The van der Waals surface area contributed by atoms with Crippen molar-refractivity contribution in [2.24, 2.45) is 5.73 Å². The summed E-state index contributed by atoms with van der Waals surface area (Å²) >= 11 is 0. The Morgan fingerprint density at radius 3 is 2.67 bits per heavy atom. The fourth-order valence-corrected chi connectivity index (χ4v) is 3.34. The van der Waals surface area contributed by atoms with E-state index in [1.54, 1.807) is 0 Å². The van der Waals surface area contributed by atoms with Gasteiger partial charge < -0.3 is 16.2 Å². The minimum atomic E-state index is -0.751. The van der Waals surface area contributed by atoms with Gasteiger partial charge in [-0.25, -0.2) is 0 Å². The average molecular weight is 333 g/mol. The molecule has 5 heteroatoms. The number of aliphatic hydroxyl groups excluding tert-OH is 1. The highest BCUT2D eigenvalue weighted by Crippen LogP contribution is 2.26. The van der Waals surface area contributed by atoms with Crippen molar-refractivity contribution in [2.75, 3.05) is 13.1 Å². The van der Waals surface area contributed by atoms with Gasteiger partial charge in [0.2, 0.25) is 5.91 Å². The zero-order chi connectivity index (χ0) is 17.7. The van der Waals surface area contributed by atoms with Crippen LogP contribution in [-0.4, -0.2) is 52.7 Å². The van der Waals surface area contributed by atoms with Crippen molar-refractivity contribution in [3.05, 3.63) is 35.9 Å². The first kappa shape index (κ1) is 18.9. The summed E-state index contributed by atoms with van der Waals surface area (Å²) in [5.41, 5.74) is 7.13. The van der Waals surface area contributed by atoms with Gasteiger partial charge in [0.1, 0.15) is 0 Å². The summed E-state index contributed by atoms with van der Waals surface area (Å²) in [6, 6.07) is 9.34. The molecule has 0 radical (unpaired) electrons. The summed E-state index contributed by atoms with van der Waals surface area (Å²) in [6.07, 6.45) is 1.74. The fraction of sp³-hybridized carbons (Fsp3) is 0.632. The van der Waals surface area contributed by atoms with Crippen molar-refractivity contribution in [1.82, 2.24) is 10.2 Å². The van der Waals surface area contributed by atoms with Gasteiger partial charge in [-0.2, -0.15) is 0 Å². The molecule has 0 unspecified atom stereocenters. The Kier molecular flexibility index (Phi) is 6.38. The van der Waals surface area contributed by atoms with Gasteiger partial charge in [0.05, 0.1) is 12.1 Å². The first-order chi connectivity index (χ1) is 11.3. The lowest BCUT2D eigenvalue weighted by molar-refractivity contribution is -0.127. The van der Waals surface area contributed by atoms with Crippen LogP contribution in [0.1, 0.15) is 39.2 Å². The van der Waals surface area contributed by atoms with Crippen LogP contribution in [0.4, 0.5) is 0 Å². The summed E-state index contributed by atoms with van der Waals surface area (Å²) in [5, 5.41) is 13.1. The molecule has 0 spiro atoms. The Morgan fingerprint density at radius 2 is 2.04 bits per heavy atom. The van der Waals surface area contributed by atoms with E-state index >= 15 is 0 Å². The first-order valence-corrected chi connectivity index (χ1v) is 8.81. The highest BCUT2D eigenvalue weighted by molar-refractivity contribution is 5.82. The quantitative estimate of drug-likeness (QED) is 0.733. The van der Waals surface area contributed by atoms with E-state index in [1.807, 2.05) is 30.3 Å². The number of nitrogens with two attached hydrogens (primary N) is 1. The van der Waals surface area contributed by atoms with Crippen LogP contribution in [0, 0.1) is 0 Å². The topological polar surface area (TPSA) is 78.6 Å². The van der Waals surface area contributed by atoms with Gasteiger partial charge in [0, 0.05) is 18.1 Å². The third-order valence-electron chi connectivity index (χ3n) is 4.71. The van der Waals surface area contributed by atoms with Crippen molar-refractivity contribution in [3.8, 4) is 0 Å². The molecule has 0 aromatic heterocycles. The van der Waals surface area contributed by atoms with Crippen LogP contribution in [0.5, 0.6) is 0 Å². The van der Waals surface area contributed by atoms with E-state index in [9.17, 15) is 9.90 Å². The number of amides is 1. The predicted octanol–water partition coefficient (Wildman–Crippen LogP) is 1.30. The minimum absolute atomic E-state index is 0.00612. The van der Waals surface area contributed by atoms with Gasteiger partial charge in [0.15, 0.2) is 0 Å². The first-order valence-electron chi connectivity index (χ1n) is 8.81. The summed E-state index contributed by atoms with van der Waals surface area (Å²) in [7, 11) is 0. The van der Waals surface area contributed by atoms with Crippen LogP contribution in [-0.2, 0) is 11.2 Å². The van der Waals surface area contributed by atoms with Crippen molar-refractivity contribution in [1.29, 1.82) is 0 Å². The molecule has 0 saturated carbocycles. The molecule has 0 bridgehead atoms. The van der Waals surface area contributed by atoms with E-state index in [0.29, 0.717) is 6.42 Å². The lowest BCUT2D eigenvalue weighted by Gasteiger charge is -2.36. The van der Waals surface area contributed by atoms with Crippen LogP contribution in [0.2, 0.25) is 0 Å². The second-order valence-corrected chi connectivity index (χ2v) is 7.69. The molecule has 5 nitrogen and oxygen atoms in total. The number of hydrogen-bond acceptors (Lipinski definition) is 4. The van der Waals surface area contributed by atoms with Crippen LogP contribution >= 0.6 is 0 Å². The molecule has 2 rings (SSSR count). The van der Waals surface area contributed by atoms with E-state index in [2.05, 4.69) is 31.0 Å². The third kappa shape index (κ3) is 5.03. The monoisotopic (exact) mass is 333 g/mol. The van der Waals surface area contributed by atoms with Crippen LogP contribution in [0.3, 0.4) is 0 Å². The number of carbonyl (C=O) groups excluding carboxylic acids is 1. The van der Waals surface area contributed by atoms with Crippen molar-refractivity contribution < 1.29 is 9.90 Å². The smallest absolute Gasteiger partial charge is 0.237 e. The molecule has 1 heterocycles. The average Bonchev–Trinajstić information content (AvgIpc) is 3.03. The second kappa shape index (κ2) is 8.10. The standard InChI is InChI=1S/C19H31N3O2/c1-19(2,3)22-11-7-10-16(22)18(24)21-13-17(23)15(20)12-14-8-5-4-6-9-14/h4-6,8-9,15-17,23H,7,10-13,20H2,1-3H3,(H,21,24)/t15-,16-,17+/m0/s1. The minimum Gasteiger partial charge on any atom is -0.390 e. The Labute approximate surface area is 145 Å². The van der Waals surface area contributed by atoms with Crippen LogP contribution in [0.15, 0.2) is 30.3 Å². The molecule has 1 aromatic rings. The van der Waals surface area contributed by atoms with Crippen molar-refractivity contribution in [2.45, 2.75) is 63.8 Å². The largest absolute Gasteiger partial charge is 0.390 e. The van der Waals surface area contributed by atoms with Gasteiger partial charge >= 0.3 is 0 Å². The molecular weight excluding hydrogens is 302 g/mol. The van der Waals surface area contributed by atoms with Gasteiger partial charge in [-0.05, 0) is 52.1 Å². The second-order valence-electron chi connectivity index (χ2n) is 7.69. The number of carbonyl (C=O) groups is 1. The van der Waals surface area contributed by atoms with Crippen LogP contribution < -0.4 is 11.1 Å². The maximum Gasteiger partial charge on any atom is 0.237 e. The highest BCUT2D eigenvalue weighted by Gasteiger charge is 2.37. The molecule has 24 heavy (non-hydrogen) atoms. The molecular formula is C19H31N3O2. The van der Waals surface area contributed by atoms with Crippen LogP contribution in [0.25, 0.3) is 0 Å². The molecule has 1 amide bonds. The summed E-state index contributed by atoms with van der Waals surface area (Å²) in [4.78, 5) is 14.7. The molecule has 134 valence electrons. The maximum absolute atomic E-state index is 12.5. The third-order valence-corrected chi connectivity index (χ3v) is 4.71. The Hall–Kier alpha value is -1.43. The molecule has 3 atom stereocenters. The lowest BCUT2D eigenvalue weighted by atomic mass is 10.0. The fourth-order valence-electron chi connectivity index (χ4n) is 3.34. The number of nitrogens with one attached hydrogen (secondary N) is 1. The molecule has 1 saturated heterocycles. The van der Waals surface area contributed by atoms with Gasteiger partial charge in [-0.3, -0.25) is 9.69 Å². The van der Waals surface area contributed by atoms with Crippen molar-refractivity contribution >= 4 is 5.91 Å². The molecule has 4 N–H and O–H groups in total. The SMILES string of the molecule is CC(C)(C)N1CCC[C@H]1C(=O)NC[C@@H](O)[C@@H](N)Cc1ccccc1. The molecule has 1 fully saturated rings. The number of rotatable bonds is 6. The zero-order valence-electron chi connectivity index (χ0n) is 15.0. The maximum atomic E-state index is 12.5. The van der Waals surface area contributed by atoms with Gasteiger partial charge in [-0.1, -0.05) is 30.3 Å². The van der Waals surface area contributed by atoms with Gasteiger partial charge in [-0.15, -0.1) is 0 Å². The van der Waals surface area contributed by atoms with Gasteiger partial charge in [0.25, 0.3) is 0 Å². The summed E-state index contributed by atoms with van der Waals surface area (Å²) in [5.74, 6) is -0.00612. The number of nitrogens with zero attached hydrogens (tertiary/aromatic N) is 1. The van der Waals surface area contributed by atoms with E-state index < -0.39 is 12.1 Å². The summed E-state index contributed by atoms with van der Waals surface area (Å²) < 4.78 is 0. The molecule has 1 aliphatic heterocycles. The van der Waals surface area contributed by atoms with E-state index in [1.165, 1.54) is 0 Å². The Balaban J connectivity index is 1.82. The predicted molar refractivity (Wildman–Crippen MR) is 96.6 cm³/mol. The molecule has 1 aromatic carbocycles. The number of aliphatic hydroxyl groups is 1. The number of benzene rings is 1. The van der Waals surface area contributed by atoms with E-state index in [-0.39, 0.29) is 24.0 Å². The molecule has 1 aliphatic rings. The number of hydrogen-bond donors (Lipinski definition) is 3. The summed E-state index contributed by atoms with van der Waals surface area (Å²) in [6.45, 7) is 7.52. The van der Waals surface area contributed by atoms with E-state index in [0.717, 1.165) is 24.9 Å².